The summed E-state index contributed by atoms with van der Waals surface area (Å²) >= 11 is 0. The second-order valence-corrected chi connectivity index (χ2v) is 9.11. The number of imide groups is 1. The average Bonchev–Trinajstić information content (AvgIpc) is 3.14. The Morgan fingerprint density at radius 1 is 0.971 bits per heavy atom. The van der Waals surface area contributed by atoms with Crippen LogP contribution in [0.2, 0.25) is 0 Å². The number of hydrogen-bond acceptors (Lipinski definition) is 5. The normalized spacial score (nSPS) is 26.2. The third-order valence-electron chi connectivity index (χ3n) is 7.97. The Kier molecular flexibility index (Phi) is 4.24. The molecule has 0 N–H and O–H groups in total. The fourth-order valence-corrected chi connectivity index (χ4v) is 6.73. The van der Waals surface area contributed by atoms with Gasteiger partial charge < -0.3 is 4.74 Å². The third-order valence-corrected chi connectivity index (χ3v) is 7.97. The van der Waals surface area contributed by atoms with Gasteiger partial charge in [0.15, 0.2) is 0 Å². The first-order chi connectivity index (χ1) is 16.5. The lowest BCUT2D eigenvalue weighted by Crippen LogP contribution is -2.53. The third kappa shape index (κ3) is 2.31. The van der Waals surface area contributed by atoms with E-state index in [2.05, 4.69) is 31.2 Å². The molecule has 1 saturated heterocycles. The molecule has 1 fully saturated rings. The highest BCUT2D eigenvalue weighted by Crippen LogP contribution is 2.65. The van der Waals surface area contributed by atoms with Crippen molar-refractivity contribution in [2.45, 2.75) is 24.7 Å². The number of nitrogens with zero attached hydrogens (tertiary/aromatic N) is 2. The van der Waals surface area contributed by atoms with Gasteiger partial charge in [-0.05, 0) is 34.7 Å². The number of hydrogen-bond donors (Lipinski definition) is 0. The first-order valence-electron chi connectivity index (χ1n) is 11.3. The van der Waals surface area contributed by atoms with Gasteiger partial charge in [0.25, 0.3) is 5.69 Å². The number of anilines is 1. The number of methoxy groups -OCH3 is 1. The topological polar surface area (TPSA) is 89.8 Å². The van der Waals surface area contributed by atoms with E-state index in [1.54, 1.807) is 0 Å². The summed E-state index contributed by atoms with van der Waals surface area (Å²) in [6.45, 7) is 2.06. The van der Waals surface area contributed by atoms with Crippen molar-refractivity contribution in [3.05, 3.63) is 99.1 Å². The zero-order valence-electron chi connectivity index (χ0n) is 18.7. The van der Waals surface area contributed by atoms with Crippen molar-refractivity contribution in [1.29, 1.82) is 0 Å². The SMILES string of the molecule is CCC12c3ccccc3C(c3ccccc31)[C@@H]1C(=O)N(c3cc([N+](=O)[O-])ccc3OC)C(=O)[C@@H]12. The molecule has 0 aromatic heterocycles. The van der Waals surface area contributed by atoms with Crippen molar-refractivity contribution >= 4 is 23.2 Å². The monoisotopic (exact) mass is 454 g/mol. The molecule has 4 aliphatic rings. The molecule has 0 spiro atoms. The summed E-state index contributed by atoms with van der Waals surface area (Å²) in [5.41, 5.74) is 3.62. The minimum atomic E-state index is -0.651. The fourth-order valence-electron chi connectivity index (χ4n) is 6.73. The number of nitro groups is 1. The van der Waals surface area contributed by atoms with Crippen LogP contribution in [0.15, 0.2) is 66.7 Å². The maximum atomic E-state index is 14.2. The number of ether oxygens (including phenoxy) is 1. The first kappa shape index (κ1) is 20.6. The van der Waals surface area contributed by atoms with Crippen LogP contribution in [-0.2, 0) is 15.0 Å². The second kappa shape index (κ2) is 7.00. The fraction of sp³-hybridized carbons (Fsp3) is 0.259. The maximum absolute atomic E-state index is 14.2. The van der Waals surface area contributed by atoms with Gasteiger partial charge in [-0.15, -0.1) is 0 Å². The highest BCUT2D eigenvalue weighted by molar-refractivity contribution is 6.24. The molecule has 3 aliphatic carbocycles. The van der Waals surface area contributed by atoms with Crippen LogP contribution >= 0.6 is 0 Å². The largest absolute Gasteiger partial charge is 0.495 e. The van der Waals surface area contributed by atoms with E-state index in [0.717, 1.165) is 27.2 Å². The van der Waals surface area contributed by atoms with Crippen LogP contribution in [-0.4, -0.2) is 23.8 Å². The molecule has 7 nitrogen and oxygen atoms in total. The molecule has 0 unspecified atom stereocenters. The second-order valence-electron chi connectivity index (χ2n) is 9.11. The van der Waals surface area contributed by atoms with Gasteiger partial charge in [0.05, 0.1) is 23.9 Å². The molecule has 0 radical (unpaired) electrons. The minimum Gasteiger partial charge on any atom is -0.495 e. The standard InChI is InChI=1S/C27H22N2O5/c1-3-27-18-10-6-4-8-16(18)22(17-9-5-7-11-19(17)27)23-24(27)26(31)28(25(23)30)20-14-15(29(32)33)12-13-21(20)34-2/h4-14,22-24H,3H2,1-2H3/t22?,23-,24+,27?/m0/s1. The van der Waals surface area contributed by atoms with E-state index < -0.39 is 22.2 Å². The lowest BCUT2D eigenvalue weighted by molar-refractivity contribution is -0.384. The highest BCUT2D eigenvalue weighted by atomic mass is 16.6. The molecule has 1 heterocycles. The van der Waals surface area contributed by atoms with Crippen molar-refractivity contribution in [3.63, 3.8) is 0 Å². The van der Waals surface area contributed by atoms with Gasteiger partial charge in [-0.25, -0.2) is 4.90 Å². The van der Waals surface area contributed by atoms with Gasteiger partial charge in [0, 0.05) is 23.5 Å². The van der Waals surface area contributed by atoms with Crippen LogP contribution in [0.4, 0.5) is 11.4 Å². The summed E-state index contributed by atoms with van der Waals surface area (Å²) in [7, 11) is 1.42. The summed E-state index contributed by atoms with van der Waals surface area (Å²) in [6.07, 6.45) is 0.647. The Balaban J connectivity index is 1.62. The Labute approximate surface area is 196 Å². The Hall–Kier alpha value is -4.00. The molecule has 2 atom stereocenters. The summed E-state index contributed by atoms with van der Waals surface area (Å²) < 4.78 is 5.42. The lowest BCUT2D eigenvalue weighted by Gasteiger charge is -2.54. The van der Waals surface area contributed by atoms with Gasteiger partial charge in [-0.3, -0.25) is 19.7 Å². The average molecular weight is 454 g/mol. The summed E-state index contributed by atoms with van der Waals surface area (Å²) in [5, 5.41) is 11.5. The van der Waals surface area contributed by atoms with Crippen molar-refractivity contribution in [2.24, 2.45) is 11.8 Å². The van der Waals surface area contributed by atoms with Crippen LogP contribution in [0.5, 0.6) is 5.75 Å². The van der Waals surface area contributed by atoms with Crippen molar-refractivity contribution in [2.75, 3.05) is 12.0 Å². The molecule has 1 aliphatic heterocycles. The summed E-state index contributed by atoms with van der Waals surface area (Å²) in [4.78, 5) is 40.3. The predicted octanol–water partition coefficient (Wildman–Crippen LogP) is 4.56. The lowest BCUT2D eigenvalue weighted by atomic mass is 9.46. The van der Waals surface area contributed by atoms with E-state index in [4.69, 9.17) is 4.74 Å². The van der Waals surface area contributed by atoms with Crippen LogP contribution in [0.25, 0.3) is 0 Å². The highest BCUT2D eigenvalue weighted by Gasteiger charge is 2.67. The molecular weight excluding hydrogens is 432 g/mol. The molecular formula is C27H22N2O5. The molecule has 7 rings (SSSR count). The van der Waals surface area contributed by atoms with E-state index in [1.165, 1.54) is 25.3 Å². The Morgan fingerprint density at radius 3 is 2.15 bits per heavy atom. The number of carbonyl (C=O) groups is 2. The molecule has 170 valence electrons. The van der Waals surface area contributed by atoms with Crippen LogP contribution < -0.4 is 9.64 Å². The number of rotatable bonds is 4. The first-order valence-corrected chi connectivity index (χ1v) is 11.3. The molecule has 3 aromatic rings. The number of benzene rings is 3. The van der Waals surface area contributed by atoms with E-state index in [9.17, 15) is 19.7 Å². The number of non-ortho nitro benzene ring substituents is 1. The number of amides is 2. The minimum absolute atomic E-state index is 0.125. The maximum Gasteiger partial charge on any atom is 0.271 e. The number of nitro benzene ring substituents is 1. The van der Waals surface area contributed by atoms with Crippen molar-refractivity contribution in [3.8, 4) is 5.75 Å². The molecule has 3 aromatic carbocycles. The van der Waals surface area contributed by atoms with E-state index in [0.29, 0.717) is 6.42 Å². The van der Waals surface area contributed by atoms with Gasteiger partial charge in [-0.2, -0.15) is 0 Å². The Morgan fingerprint density at radius 2 is 1.59 bits per heavy atom. The zero-order valence-corrected chi connectivity index (χ0v) is 18.7. The molecule has 34 heavy (non-hydrogen) atoms. The summed E-state index contributed by atoms with van der Waals surface area (Å²) in [6, 6.07) is 20.2. The van der Waals surface area contributed by atoms with E-state index in [1.807, 2.05) is 24.3 Å². The van der Waals surface area contributed by atoms with Gasteiger partial charge in [0.2, 0.25) is 11.8 Å². The van der Waals surface area contributed by atoms with Crippen LogP contribution in [0.1, 0.15) is 41.5 Å². The van der Waals surface area contributed by atoms with Crippen LogP contribution in [0, 0.1) is 22.0 Å². The molecule has 2 bridgehead atoms. The molecule has 0 saturated carbocycles. The van der Waals surface area contributed by atoms with Gasteiger partial charge in [0.1, 0.15) is 11.4 Å². The summed E-state index contributed by atoms with van der Waals surface area (Å²) in [5.74, 6) is -1.84. The predicted molar refractivity (Wildman–Crippen MR) is 125 cm³/mol. The van der Waals surface area contributed by atoms with Gasteiger partial charge in [-0.1, -0.05) is 55.5 Å². The van der Waals surface area contributed by atoms with Crippen LogP contribution in [0.3, 0.4) is 0 Å². The number of carbonyl (C=O) groups excluding carboxylic acids is 2. The molecule has 2 amide bonds. The Bertz CT molecular complexity index is 1350. The molecule has 7 heteroatoms. The van der Waals surface area contributed by atoms with Gasteiger partial charge >= 0.3 is 0 Å². The smallest absolute Gasteiger partial charge is 0.271 e. The van der Waals surface area contributed by atoms with Crippen molar-refractivity contribution < 1.29 is 19.2 Å². The van der Waals surface area contributed by atoms with Crippen molar-refractivity contribution in [1.82, 2.24) is 0 Å². The van der Waals surface area contributed by atoms with E-state index >= 15 is 0 Å². The quantitative estimate of drug-likeness (QED) is 0.327. The van der Waals surface area contributed by atoms with E-state index in [-0.39, 0.29) is 34.9 Å². The zero-order chi connectivity index (χ0) is 23.8.